The minimum absolute atomic E-state index is 0.184. The van der Waals surface area contributed by atoms with Gasteiger partial charge in [0, 0.05) is 53.5 Å². The summed E-state index contributed by atoms with van der Waals surface area (Å²) in [5.74, 6) is 0.317. The van der Waals surface area contributed by atoms with Crippen LogP contribution in [0.1, 0.15) is 6.92 Å². The highest BCUT2D eigenvalue weighted by atomic mass is 16.5. The number of para-hydroxylation sites is 1. The fraction of sp³-hybridized carbons (Fsp3) is 0.185. The standard InChI is InChI=1S/C27H26N6O2/c1-2-4-25(34)30-21-11-12-28-24(17-21)23-6-3-5-19-18-29-27(32-26(19)23)31-20-7-9-22(10-8-20)33-13-15-35-16-14-33/h2-12,17-18H,13-16H2,1H3,(H,28,30,34)(H,29,31,32)/b4-2-. The Morgan fingerprint density at radius 1 is 1.03 bits per heavy atom. The van der Waals surface area contributed by atoms with E-state index >= 15 is 0 Å². The molecule has 1 saturated heterocycles. The fourth-order valence-corrected chi connectivity index (χ4v) is 4.02. The number of hydrogen-bond acceptors (Lipinski definition) is 7. The van der Waals surface area contributed by atoms with E-state index in [1.807, 2.05) is 36.4 Å². The second-order valence-corrected chi connectivity index (χ2v) is 8.13. The quantitative estimate of drug-likeness (QED) is 0.395. The van der Waals surface area contributed by atoms with E-state index in [0.717, 1.165) is 48.5 Å². The number of allylic oxidation sites excluding steroid dienone is 1. The van der Waals surface area contributed by atoms with Crippen molar-refractivity contribution in [1.29, 1.82) is 0 Å². The Kier molecular flexibility index (Phi) is 6.63. The maximum absolute atomic E-state index is 11.9. The summed E-state index contributed by atoms with van der Waals surface area (Å²) in [6.07, 6.45) is 6.66. The molecule has 1 aliphatic rings. The molecule has 0 radical (unpaired) electrons. The monoisotopic (exact) mass is 466 g/mol. The number of pyridine rings is 1. The maximum Gasteiger partial charge on any atom is 0.248 e. The summed E-state index contributed by atoms with van der Waals surface area (Å²) >= 11 is 0. The Balaban J connectivity index is 1.40. The highest BCUT2D eigenvalue weighted by Gasteiger charge is 2.12. The van der Waals surface area contributed by atoms with Crippen LogP contribution < -0.4 is 15.5 Å². The number of ether oxygens (including phenoxy) is 1. The number of hydrogen-bond donors (Lipinski definition) is 2. The van der Waals surface area contributed by atoms with Crippen molar-refractivity contribution in [3.8, 4) is 11.3 Å². The van der Waals surface area contributed by atoms with Crippen LogP contribution in [0.15, 0.2) is 79.1 Å². The molecule has 0 aliphatic carbocycles. The van der Waals surface area contributed by atoms with Crippen LogP contribution in [-0.2, 0) is 9.53 Å². The van der Waals surface area contributed by atoms with E-state index in [0.29, 0.717) is 17.3 Å². The van der Waals surface area contributed by atoms with Crippen LogP contribution in [0.2, 0.25) is 0 Å². The largest absolute Gasteiger partial charge is 0.378 e. The maximum atomic E-state index is 11.9. The van der Waals surface area contributed by atoms with Crippen molar-refractivity contribution in [3.63, 3.8) is 0 Å². The number of aromatic nitrogens is 3. The average Bonchev–Trinajstić information content (AvgIpc) is 2.89. The molecule has 3 heterocycles. The Bertz CT molecular complexity index is 1360. The third-order valence-corrected chi connectivity index (χ3v) is 5.73. The normalized spacial score (nSPS) is 13.8. The third-order valence-electron chi connectivity index (χ3n) is 5.73. The Morgan fingerprint density at radius 3 is 2.66 bits per heavy atom. The van der Waals surface area contributed by atoms with Crippen molar-refractivity contribution in [1.82, 2.24) is 15.0 Å². The number of benzene rings is 2. The molecule has 5 rings (SSSR count). The Morgan fingerprint density at radius 2 is 1.86 bits per heavy atom. The number of amides is 1. The zero-order valence-electron chi connectivity index (χ0n) is 19.4. The van der Waals surface area contributed by atoms with Gasteiger partial charge in [-0.15, -0.1) is 0 Å². The van der Waals surface area contributed by atoms with Crippen molar-refractivity contribution in [2.45, 2.75) is 6.92 Å². The minimum Gasteiger partial charge on any atom is -0.378 e. The molecule has 8 heteroatoms. The molecule has 0 unspecified atom stereocenters. The Hall–Kier alpha value is -4.30. The van der Waals surface area contributed by atoms with Crippen LogP contribution in [0.25, 0.3) is 22.2 Å². The van der Waals surface area contributed by atoms with Gasteiger partial charge in [-0.1, -0.05) is 24.3 Å². The first-order valence-electron chi connectivity index (χ1n) is 11.6. The number of carbonyl (C=O) groups excluding carboxylic acids is 1. The molecule has 176 valence electrons. The van der Waals surface area contributed by atoms with Gasteiger partial charge in [-0.25, -0.2) is 9.97 Å². The number of rotatable bonds is 6. The fourth-order valence-electron chi connectivity index (χ4n) is 4.02. The smallest absolute Gasteiger partial charge is 0.248 e. The molecule has 0 atom stereocenters. The first kappa shape index (κ1) is 22.5. The van der Waals surface area contributed by atoms with Gasteiger partial charge >= 0.3 is 0 Å². The van der Waals surface area contributed by atoms with Crippen LogP contribution in [-0.4, -0.2) is 47.2 Å². The molecule has 35 heavy (non-hydrogen) atoms. The molecule has 0 saturated carbocycles. The zero-order chi connectivity index (χ0) is 24.0. The predicted octanol–water partition coefficient (Wildman–Crippen LogP) is 4.79. The molecule has 2 aromatic heterocycles. The molecule has 2 aromatic carbocycles. The SMILES string of the molecule is C/C=C\C(=O)Nc1ccnc(-c2cccc3cnc(Nc4ccc(N5CCOCC5)cc4)nc23)c1. The van der Waals surface area contributed by atoms with Gasteiger partial charge in [-0.2, -0.15) is 0 Å². The molecule has 4 aromatic rings. The lowest BCUT2D eigenvalue weighted by Crippen LogP contribution is -2.36. The lowest BCUT2D eigenvalue weighted by molar-refractivity contribution is -0.111. The highest BCUT2D eigenvalue weighted by Crippen LogP contribution is 2.28. The van der Waals surface area contributed by atoms with Crippen LogP contribution in [0.3, 0.4) is 0 Å². The van der Waals surface area contributed by atoms with Crippen molar-refractivity contribution in [2.75, 3.05) is 41.8 Å². The summed E-state index contributed by atoms with van der Waals surface area (Å²) in [5, 5.41) is 7.06. The van der Waals surface area contributed by atoms with Crippen LogP contribution in [0.5, 0.6) is 0 Å². The molecule has 1 amide bonds. The second-order valence-electron chi connectivity index (χ2n) is 8.13. The van der Waals surface area contributed by atoms with E-state index in [1.165, 1.54) is 11.8 Å². The number of fused-ring (bicyclic) bond motifs is 1. The summed E-state index contributed by atoms with van der Waals surface area (Å²) in [6, 6.07) is 17.7. The van der Waals surface area contributed by atoms with Gasteiger partial charge in [0.2, 0.25) is 11.9 Å². The lowest BCUT2D eigenvalue weighted by atomic mass is 10.1. The second kappa shape index (κ2) is 10.3. The van der Waals surface area contributed by atoms with Crippen molar-refractivity contribution < 1.29 is 9.53 Å². The molecule has 8 nitrogen and oxygen atoms in total. The van der Waals surface area contributed by atoms with Crippen LogP contribution >= 0.6 is 0 Å². The average molecular weight is 467 g/mol. The van der Waals surface area contributed by atoms with E-state index in [2.05, 4.69) is 37.6 Å². The van der Waals surface area contributed by atoms with Crippen molar-refractivity contribution >= 4 is 39.8 Å². The van der Waals surface area contributed by atoms with Gasteiger partial charge < -0.3 is 20.3 Å². The Labute approximate surface area is 203 Å². The first-order valence-corrected chi connectivity index (χ1v) is 11.6. The third kappa shape index (κ3) is 5.28. The first-order chi connectivity index (χ1) is 17.2. The lowest BCUT2D eigenvalue weighted by Gasteiger charge is -2.28. The highest BCUT2D eigenvalue weighted by molar-refractivity contribution is 6.00. The summed E-state index contributed by atoms with van der Waals surface area (Å²) < 4.78 is 5.44. The molecular weight excluding hydrogens is 440 g/mol. The van der Waals surface area contributed by atoms with Gasteiger partial charge in [0.05, 0.1) is 24.4 Å². The molecule has 2 N–H and O–H groups in total. The number of carbonyl (C=O) groups is 1. The molecule has 1 fully saturated rings. The van der Waals surface area contributed by atoms with Gasteiger partial charge in [-0.3, -0.25) is 9.78 Å². The molecule has 0 spiro atoms. The van der Waals surface area contributed by atoms with Crippen LogP contribution in [0.4, 0.5) is 23.0 Å². The van der Waals surface area contributed by atoms with E-state index in [-0.39, 0.29) is 5.91 Å². The number of morpholine rings is 1. The van der Waals surface area contributed by atoms with E-state index in [9.17, 15) is 4.79 Å². The number of nitrogens with one attached hydrogen (secondary N) is 2. The minimum atomic E-state index is -0.184. The summed E-state index contributed by atoms with van der Waals surface area (Å²) in [4.78, 5) is 28.1. The topological polar surface area (TPSA) is 92.3 Å². The van der Waals surface area contributed by atoms with Crippen molar-refractivity contribution in [2.24, 2.45) is 0 Å². The molecule has 0 bridgehead atoms. The van der Waals surface area contributed by atoms with E-state index < -0.39 is 0 Å². The number of anilines is 4. The van der Waals surface area contributed by atoms with E-state index in [4.69, 9.17) is 9.72 Å². The summed E-state index contributed by atoms with van der Waals surface area (Å²) in [6.45, 7) is 5.12. The van der Waals surface area contributed by atoms with Gasteiger partial charge in [0.15, 0.2) is 0 Å². The zero-order valence-corrected chi connectivity index (χ0v) is 19.4. The van der Waals surface area contributed by atoms with Gasteiger partial charge in [-0.05, 0) is 49.4 Å². The van der Waals surface area contributed by atoms with Gasteiger partial charge in [0.25, 0.3) is 0 Å². The summed E-state index contributed by atoms with van der Waals surface area (Å²) in [7, 11) is 0. The van der Waals surface area contributed by atoms with E-state index in [1.54, 1.807) is 31.5 Å². The molecule has 1 aliphatic heterocycles. The van der Waals surface area contributed by atoms with Crippen LogP contribution in [0, 0.1) is 0 Å². The number of nitrogens with zero attached hydrogens (tertiary/aromatic N) is 4. The van der Waals surface area contributed by atoms with Gasteiger partial charge in [0.1, 0.15) is 0 Å². The molecular formula is C27H26N6O2. The summed E-state index contributed by atoms with van der Waals surface area (Å²) in [5.41, 5.74) is 5.10. The van der Waals surface area contributed by atoms with Crippen molar-refractivity contribution in [3.05, 3.63) is 79.1 Å². The predicted molar refractivity (Wildman–Crippen MR) is 139 cm³/mol.